The van der Waals surface area contributed by atoms with E-state index >= 15 is 0 Å². The summed E-state index contributed by atoms with van der Waals surface area (Å²) in [6.07, 6.45) is -4.85. The molecule has 0 saturated heterocycles. The number of hydrogen-bond donors (Lipinski definition) is 1. The molecule has 140 valence electrons. The maximum absolute atomic E-state index is 12.9. The van der Waals surface area contributed by atoms with Gasteiger partial charge in [-0.15, -0.1) is 0 Å². The number of thiocarbonyl (C=S) groups is 1. The van der Waals surface area contributed by atoms with Crippen molar-refractivity contribution in [2.75, 3.05) is 6.54 Å². The molecule has 1 atom stereocenters. The van der Waals surface area contributed by atoms with E-state index in [4.69, 9.17) is 18.0 Å². The zero-order valence-electron chi connectivity index (χ0n) is 13.1. The van der Waals surface area contributed by atoms with E-state index < -0.39 is 23.5 Å². The average Bonchev–Trinajstić information content (AvgIpc) is 2.76. The van der Waals surface area contributed by atoms with Gasteiger partial charge in [-0.25, -0.2) is 4.99 Å². The maximum Gasteiger partial charge on any atom is 0.416 e. The van der Waals surface area contributed by atoms with Gasteiger partial charge in [0, 0.05) is 24.2 Å². The average molecular weight is 393 g/mol. The van der Waals surface area contributed by atoms with Crippen LogP contribution in [0.1, 0.15) is 23.1 Å². The van der Waals surface area contributed by atoms with Gasteiger partial charge in [0.15, 0.2) is 5.84 Å². The summed E-state index contributed by atoms with van der Waals surface area (Å²) in [6, 6.07) is 1.28. The number of benzene rings is 1. The normalized spacial score (nSPS) is 18.7. The predicted octanol–water partition coefficient (Wildman–Crippen LogP) is 4.40. The number of halogens is 6. The van der Waals surface area contributed by atoms with Gasteiger partial charge >= 0.3 is 12.4 Å². The van der Waals surface area contributed by atoms with Crippen molar-refractivity contribution in [3.8, 4) is 0 Å². The summed E-state index contributed by atoms with van der Waals surface area (Å²) in [4.78, 5) is 8.11. The highest BCUT2D eigenvalue weighted by Gasteiger charge is 2.37. The fraction of sp³-hybridized carbons (Fsp3) is 0.312. The summed E-state index contributed by atoms with van der Waals surface area (Å²) < 4.78 is 77.7. The molecule has 1 aromatic carbocycles. The number of aliphatic imine (C=N–C) groups is 2. The van der Waals surface area contributed by atoms with Crippen molar-refractivity contribution in [1.29, 1.82) is 0 Å². The second-order valence-corrected chi connectivity index (χ2v) is 5.96. The van der Waals surface area contributed by atoms with E-state index in [1.165, 1.54) is 12.3 Å². The van der Waals surface area contributed by atoms with Crippen LogP contribution in [0.25, 0.3) is 0 Å². The third kappa shape index (κ3) is 5.38. The molecule has 10 heteroatoms. The molecule has 0 amide bonds. The van der Waals surface area contributed by atoms with E-state index in [1.807, 2.05) is 0 Å². The summed E-state index contributed by atoms with van der Waals surface area (Å²) in [7, 11) is 0. The Balaban J connectivity index is 2.42. The Labute approximate surface area is 150 Å². The van der Waals surface area contributed by atoms with Crippen molar-refractivity contribution < 1.29 is 26.3 Å². The van der Waals surface area contributed by atoms with E-state index in [0.29, 0.717) is 18.6 Å². The second kappa shape index (κ2) is 7.56. The van der Waals surface area contributed by atoms with Crippen LogP contribution in [0, 0.1) is 5.92 Å². The van der Waals surface area contributed by atoms with Crippen LogP contribution >= 0.6 is 12.2 Å². The lowest BCUT2D eigenvalue weighted by molar-refractivity contribution is -0.143. The molecule has 0 radical (unpaired) electrons. The Morgan fingerprint density at radius 2 is 1.65 bits per heavy atom. The number of alkyl halides is 6. The van der Waals surface area contributed by atoms with Crippen molar-refractivity contribution >= 4 is 29.3 Å². The highest BCUT2D eigenvalue weighted by atomic mass is 32.1. The fourth-order valence-electron chi connectivity index (χ4n) is 2.22. The van der Waals surface area contributed by atoms with Crippen molar-refractivity contribution in [1.82, 2.24) is 0 Å². The number of nitrogens with zero attached hydrogens (tertiary/aromatic N) is 2. The van der Waals surface area contributed by atoms with Crippen LogP contribution in [-0.4, -0.2) is 23.6 Å². The van der Waals surface area contributed by atoms with Gasteiger partial charge < -0.3 is 5.73 Å². The summed E-state index contributed by atoms with van der Waals surface area (Å²) in [5, 5.41) is 0. The highest BCUT2D eigenvalue weighted by molar-refractivity contribution is 7.80. The number of nitrogens with two attached hydrogens (primary N) is 1. The van der Waals surface area contributed by atoms with Crippen molar-refractivity contribution in [3.05, 3.63) is 47.0 Å². The van der Waals surface area contributed by atoms with Crippen LogP contribution in [0.5, 0.6) is 0 Å². The SMILES string of the molecule is NC(=S)/C=C\C1C=NC(c2cc(C(F)(F)F)cc(C(F)(F)F)c2)=NCC1. The number of hydrogen-bond acceptors (Lipinski definition) is 3. The molecule has 0 fully saturated rings. The quantitative estimate of drug-likeness (QED) is 0.470. The number of rotatable bonds is 3. The van der Waals surface area contributed by atoms with Crippen molar-refractivity contribution in [3.63, 3.8) is 0 Å². The highest BCUT2D eigenvalue weighted by Crippen LogP contribution is 2.36. The van der Waals surface area contributed by atoms with Gasteiger partial charge in [0.25, 0.3) is 0 Å². The Morgan fingerprint density at radius 1 is 1.08 bits per heavy atom. The molecule has 1 aliphatic heterocycles. The first-order valence-corrected chi connectivity index (χ1v) is 7.74. The van der Waals surface area contributed by atoms with Crippen LogP contribution in [0.15, 0.2) is 40.3 Å². The van der Waals surface area contributed by atoms with Crippen molar-refractivity contribution in [2.24, 2.45) is 21.6 Å². The van der Waals surface area contributed by atoms with Gasteiger partial charge in [-0.2, -0.15) is 26.3 Å². The van der Waals surface area contributed by atoms with Crippen molar-refractivity contribution in [2.45, 2.75) is 18.8 Å². The van der Waals surface area contributed by atoms with Crippen LogP contribution < -0.4 is 5.73 Å². The lowest BCUT2D eigenvalue weighted by atomic mass is 10.0. The zero-order chi connectivity index (χ0) is 19.5. The molecule has 3 nitrogen and oxygen atoms in total. The molecule has 1 aliphatic rings. The van der Waals surface area contributed by atoms with E-state index in [-0.39, 0.29) is 34.9 Å². The van der Waals surface area contributed by atoms with E-state index in [2.05, 4.69) is 9.98 Å². The molecule has 2 rings (SSSR count). The minimum atomic E-state index is -4.92. The van der Waals surface area contributed by atoms with Gasteiger partial charge in [0.05, 0.1) is 16.1 Å². The van der Waals surface area contributed by atoms with E-state index in [0.717, 1.165) is 0 Å². The molecule has 2 N–H and O–H groups in total. The summed E-state index contributed by atoms with van der Waals surface area (Å²) in [5.74, 6) is -0.418. The lowest BCUT2D eigenvalue weighted by Gasteiger charge is -2.14. The molecule has 0 saturated carbocycles. The van der Waals surface area contributed by atoms with Gasteiger partial charge in [0.1, 0.15) is 0 Å². The Bertz CT molecular complexity index is 745. The predicted molar refractivity (Wildman–Crippen MR) is 90.4 cm³/mol. The summed E-state index contributed by atoms with van der Waals surface area (Å²) in [6.45, 7) is 0.180. The smallest absolute Gasteiger partial charge is 0.390 e. The van der Waals surface area contributed by atoms with Gasteiger partial charge in [-0.3, -0.25) is 4.99 Å². The minimum absolute atomic E-state index is 0.0677. The minimum Gasteiger partial charge on any atom is -0.390 e. The van der Waals surface area contributed by atoms with Crippen LogP contribution in [-0.2, 0) is 12.4 Å². The van der Waals surface area contributed by atoms with E-state index in [9.17, 15) is 26.3 Å². The molecule has 0 aromatic heterocycles. The molecule has 1 heterocycles. The zero-order valence-corrected chi connectivity index (χ0v) is 13.9. The molecule has 0 bridgehead atoms. The third-order valence-corrected chi connectivity index (χ3v) is 3.60. The summed E-state index contributed by atoms with van der Waals surface area (Å²) in [5.41, 5.74) is 2.18. The molecule has 1 unspecified atom stereocenters. The van der Waals surface area contributed by atoms with Crippen LogP contribution in [0.2, 0.25) is 0 Å². The van der Waals surface area contributed by atoms with E-state index in [1.54, 1.807) is 6.08 Å². The van der Waals surface area contributed by atoms with Gasteiger partial charge in [-0.05, 0) is 30.7 Å². The second-order valence-electron chi connectivity index (χ2n) is 5.49. The lowest BCUT2D eigenvalue weighted by Crippen LogP contribution is -2.13. The summed E-state index contributed by atoms with van der Waals surface area (Å²) >= 11 is 4.70. The molecule has 26 heavy (non-hydrogen) atoms. The first-order chi connectivity index (χ1) is 12.0. The maximum atomic E-state index is 12.9. The molecular weight excluding hydrogens is 380 g/mol. The number of allylic oxidation sites excluding steroid dienone is 1. The monoisotopic (exact) mass is 393 g/mol. The molecular formula is C16H13F6N3S. The standard InChI is InChI=1S/C16H13F6N3S/c17-15(18,19)11-5-10(6-12(7-11)16(20,21)22)14-24-4-3-9(8-25-14)1-2-13(23)26/h1-2,5-9H,3-4H2,(H2,23,26)/b2-1-. The van der Waals surface area contributed by atoms with Gasteiger partial charge in [0.2, 0.25) is 0 Å². The molecule has 0 aliphatic carbocycles. The molecule has 0 spiro atoms. The van der Waals surface area contributed by atoms with Crippen LogP contribution in [0.3, 0.4) is 0 Å². The topological polar surface area (TPSA) is 50.7 Å². The third-order valence-electron chi connectivity index (χ3n) is 3.47. The van der Waals surface area contributed by atoms with Gasteiger partial charge in [-0.1, -0.05) is 18.3 Å². The Hall–Kier alpha value is -2.23. The van der Waals surface area contributed by atoms with Crippen LogP contribution in [0.4, 0.5) is 26.3 Å². The molecule has 1 aromatic rings. The Kier molecular flexibility index (Phi) is 5.84. The largest absolute Gasteiger partial charge is 0.416 e. The Morgan fingerprint density at radius 3 is 2.15 bits per heavy atom. The fourth-order valence-corrected chi connectivity index (χ4v) is 2.29. The first kappa shape index (κ1) is 20.1. The first-order valence-electron chi connectivity index (χ1n) is 7.33. The number of amidine groups is 1.